The number of hydrogen-bond acceptors (Lipinski definition) is 6. The Hall–Kier alpha value is -3.13. The molecule has 0 spiro atoms. The minimum Gasteiger partial charge on any atom is -0.479 e. The summed E-state index contributed by atoms with van der Waals surface area (Å²) in [6.07, 6.45) is 0. The summed E-state index contributed by atoms with van der Waals surface area (Å²) in [5.41, 5.74) is 2.42. The molecule has 0 fully saturated rings. The van der Waals surface area contributed by atoms with E-state index in [0.29, 0.717) is 29.8 Å². The molecule has 0 saturated carbocycles. The lowest BCUT2D eigenvalue weighted by Crippen LogP contribution is -2.22. The van der Waals surface area contributed by atoms with Crippen molar-refractivity contribution in [2.75, 3.05) is 19.5 Å². The molecule has 0 amide bonds. The number of methoxy groups -OCH3 is 2. The Balaban J connectivity index is 1.77. The van der Waals surface area contributed by atoms with Crippen molar-refractivity contribution >= 4 is 16.7 Å². The zero-order valence-electron chi connectivity index (χ0n) is 15.5. The van der Waals surface area contributed by atoms with Gasteiger partial charge in [-0.3, -0.25) is 5.10 Å². The van der Waals surface area contributed by atoms with Crippen LogP contribution >= 0.6 is 0 Å². The van der Waals surface area contributed by atoms with Crippen molar-refractivity contribution in [2.24, 2.45) is 0 Å². The van der Waals surface area contributed by atoms with Crippen LogP contribution in [0.3, 0.4) is 0 Å². The maximum Gasteiger partial charge on any atom is 0.242 e. The maximum absolute atomic E-state index is 13.1. The fourth-order valence-corrected chi connectivity index (χ4v) is 2.83. The number of aromatic nitrogens is 3. The van der Waals surface area contributed by atoms with Gasteiger partial charge in [-0.05, 0) is 24.6 Å². The summed E-state index contributed by atoms with van der Waals surface area (Å²) in [5.74, 6) is 1.36. The summed E-state index contributed by atoms with van der Waals surface area (Å²) in [5, 5.41) is 14.2. The predicted molar refractivity (Wildman–Crippen MR) is 102 cm³/mol. The molecule has 0 saturated heterocycles. The molecule has 0 radical (unpaired) electrons. The van der Waals surface area contributed by atoms with Gasteiger partial charge in [0, 0.05) is 19.2 Å². The molecule has 3 N–H and O–H groups in total. The summed E-state index contributed by atoms with van der Waals surface area (Å²) >= 11 is 0. The van der Waals surface area contributed by atoms with Gasteiger partial charge in [-0.15, -0.1) is 5.10 Å². The highest BCUT2D eigenvalue weighted by Crippen LogP contribution is 2.28. The number of nitrogens with one attached hydrogen (secondary N) is 3. The quantitative estimate of drug-likeness (QED) is 0.562. The van der Waals surface area contributed by atoms with Gasteiger partial charge in [0.2, 0.25) is 5.88 Å². The number of halogens is 1. The molecule has 3 rings (SSSR count). The van der Waals surface area contributed by atoms with Crippen molar-refractivity contribution in [1.29, 1.82) is 0 Å². The Morgan fingerprint density at radius 2 is 2.04 bits per heavy atom. The molecule has 2 heterocycles. The molecule has 27 heavy (non-hydrogen) atoms. The van der Waals surface area contributed by atoms with Crippen LogP contribution in [0.25, 0.3) is 10.9 Å². The Morgan fingerprint density at radius 1 is 1.30 bits per heavy atom. The average molecular weight is 371 g/mol. The van der Waals surface area contributed by atoms with Gasteiger partial charge in [-0.2, -0.15) is 0 Å². The van der Waals surface area contributed by atoms with Crippen molar-refractivity contribution in [2.45, 2.75) is 19.6 Å². The van der Waals surface area contributed by atoms with Gasteiger partial charge in [-0.1, -0.05) is 18.7 Å². The van der Waals surface area contributed by atoms with E-state index in [4.69, 9.17) is 9.47 Å². The lowest BCUT2D eigenvalue weighted by Gasteiger charge is -2.19. The van der Waals surface area contributed by atoms with E-state index in [2.05, 4.69) is 32.4 Å². The predicted octanol–water partition coefficient (Wildman–Crippen LogP) is 3.49. The number of rotatable bonds is 8. The molecule has 142 valence electrons. The lowest BCUT2D eigenvalue weighted by atomic mass is 10.1. The summed E-state index contributed by atoms with van der Waals surface area (Å²) in [6, 6.07) is 8.10. The van der Waals surface area contributed by atoms with Gasteiger partial charge < -0.3 is 20.1 Å². The number of aromatic amines is 1. The number of fused-ring (bicyclic) bond motifs is 1. The van der Waals surface area contributed by atoms with Crippen molar-refractivity contribution < 1.29 is 13.9 Å². The van der Waals surface area contributed by atoms with Crippen LogP contribution in [0.5, 0.6) is 5.88 Å². The zero-order chi connectivity index (χ0) is 19.4. The Labute approximate surface area is 156 Å². The van der Waals surface area contributed by atoms with Crippen molar-refractivity contribution in [3.8, 4) is 5.88 Å². The first-order valence-corrected chi connectivity index (χ1v) is 8.40. The zero-order valence-corrected chi connectivity index (χ0v) is 15.5. The van der Waals surface area contributed by atoms with Crippen LogP contribution in [0.4, 0.5) is 10.2 Å². The molecule has 1 aromatic carbocycles. The van der Waals surface area contributed by atoms with Gasteiger partial charge in [0.1, 0.15) is 11.6 Å². The second-order valence-electron chi connectivity index (χ2n) is 6.06. The van der Waals surface area contributed by atoms with Gasteiger partial charge in [0.15, 0.2) is 0 Å². The summed E-state index contributed by atoms with van der Waals surface area (Å²) in [6.45, 7) is 6.27. The molecule has 8 heteroatoms. The lowest BCUT2D eigenvalue weighted by molar-refractivity contribution is 0.182. The molecule has 0 aliphatic heterocycles. The van der Waals surface area contributed by atoms with E-state index in [-0.39, 0.29) is 11.9 Å². The normalized spacial score (nSPS) is 12.0. The van der Waals surface area contributed by atoms with Gasteiger partial charge in [-0.25, -0.2) is 9.37 Å². The molecule has 0 aliphatic rings. The smallest absolute Gasteiger partial charge is 0.242 e. The molecule has 0 unspecified atom stereocenters. The second kappa shape index (κ2) is 8.05. The summed E-state index contributed by atoms with van der Waals surface area (Å²) < 4.78 is 23.6. The summed E-state index contributed by atoms with van der Waals surface area (Å²) in [7, 11) is 3.16. The molecule has 0 bridgehead atoms. The number of nitrogens with zero attached hydrogens (tertiary/aromatic N) is 2. The average Bonchev–Trinajstić information content (AvgIpc) is 3.05. The number of hydrogen-bond donors (Lipinski definition) is 3. The Kier molecular flexibility index (Phi) is 5.56. The van der Waals surface area contributed by atoms with E-state index in [1.807, 2.05) is 13.0 Å². The standard InChI is InChI=1S/C19H22FN5O2/c1-11(13-5-7-14(20)8-6-13)21-12(2)22-17-9-15-18(16(23-17)10-26-3)19(27-4)25-24-15/h5-9,11,21H,2,10H2,1,3-4H3,(H,22,23)(H,24,25)/t11-/m1/s1. The molecule has 3 aromatic rings. The fourth-order valence-electron chi connectivity index (χ4n) is 2.83. The third-order valence-corrected chi connectivity index (χ3v) is 4.10. The minimum atomic E-state index is -0.263. The Bertz CT molecular complexity index is 939. The van der Waals surface area contributed by atoms with Gasteiger partial charge in [0.05, 0.1) is 36.1 Å². The molecule has 2 aromatic heterocycles. The van der Waals surface area contributed by atoms with E-state index in [0.717, 1.165) is 16.5 Å². The third-order valence-electron chi connectivity index (χ3n) is 4.10. The van der Waals surface area contributed by atoms with E-state index in [1.165, 1.54) is 12.1 Å². The van der Waals surface area contributed by atoms with Crippen LogP contribution in [0.15, 0.2) is 42.7 Å². The SMILES string of the molecule is C=C(Nc1cc2[nH]nc(OC)c2c(COC)n1)N[C@H](C)c1ccc(F)cc1. The van der Waals surface area contributed by atoms with Crippen molar-refractivity contribution in [3.05, 3.63) is 59.8 Å². The van der Waals surface area contributed by atoms with Crippen LogP contribution in [0.2, 0.25) is 0 Å². The monoisotopic (exact) mass is 371 g/mol. The van der Waals surface area contributed by atoms with Crippen LogP contribution in [-0.2, 0) is 11.3 Å². The van der Waals surface area contributed by atoms with Crippen LogP contribution in [0.1, 0.15) is 24.2 Å². The highest BCUT2D eigenvalue weighted by Gasteiger charge is 2.15. The largest absolute Gasteiger partial charge is 0.479 e. The van der Waals surface area contributed by atoms with Gasteiger partial charge in [0.25, 0.3) is 0 Å². The maximum atomic E-state index is 13.1. The first-order valence-electron chi connectivity index (χ1n) is 8.40. The van der Waals surface area contributed by atoms with Crippen molar-refractivity contribution in [1.82, 2.24) is 20.5 Å². The topological polar surface area (TPSA) is 84.1 Å². The first kappa shape index (κ1) is 18.7. The molecule has 1 atom stereocenters. The van der Waals surface area contributed by atoms with E-state index in [9.17, 15) is 4.39 Å². The van der Waals surface area contributed by atoms with E-state index in [1.54, 1.807) is 26.4 Å². The third kappa shape index (κ3) is 4.17. The van der Waals surface area contributed by atoms with Crippen LogP contribution in [-0.4, -0.2) is 29.4 Å². The highest BCUT2D eigenvalue weighted by molar-refractivity contribution is 5.88. The van der Waals surface area contributed by atoms with Crippen LogP contribution < -0.4 is 15.4 Å². The fraction of sp³-hybridized carbons (Fsp3) is 0.263. The molecule has 0 aliphatic carbocycles. The van der Waals surface area contributed by atoms with E-state index >= 15 is 0 Å². The van der Waals surface area contributed by atoms with Crippen molar-refractivity contribution in [3.63, 3.8) is 0 Å². The van der Waals surface area contributed by atoms with Gasteiger partial charge >= 0.3 is 0 Å². The second-order valence-corrected chi connectivity index (χ2v) is 6.06. The first-order chi connectivity index (χ1) is 13.0. The van der Waals surface area contributed by atoms with E-state index < -0.39 is 0 Å². The molecule has 7 nitrogen and oxygen atoms in total. The number of ether oxygens (including phenoxy) is 2. The number of H-pyrrole nitrogens is 1. The molecular formula is C19H22FN5O2. The highest BCUT2D eigenvalue weighted by atomic mass is 19.1. The number of anilines is 1. The minimum absolute atomic E-state index is 0.0555. The Morgan fingerprint density at radius 3 is 2.70 bits per heavy atom. The molecular weight excluding hydrogens is 349 g/mol. The van der Waals surface area contributed by atoms with Crippen LogP contribution in [0, 0.1) is 5.82 Å². The number of benzene rings is 1. The number of pyridine rings is 1. The summed E-state index contributed by atoms with van der Waals surface area (Å²) in [4.78, 5) is 4.58.